The quantitative estimate of drug-likeness (QED) is 0.812. The predicted octanol–water partition coefficient (Wildman–Crippen LogP) is 2.16. The number of benzene rings is 1. The van der Waals surface area contributed by atoms with Gasteiger partial charge in [-0.15, -0.1) is 0 Å². The van der Waals surface area contributed by atoms with E-state index in [4.69, 9.17) is 4.74 Å². The number of nitrogens with one attached hydrogen (secondary N) is 2. The summed E-state index contributed by atoms with van der Waals surface area (Å²) in [5, 5.41) is 3.83. The Morgan fingerprint density at radius 2 is 2.17 bits per heavy atom. The number of aromatic amines is 1. The number of rotatable bonds is 4. The van der Waals surface area contributed by atoms with Crippen LogP contribution in [0.25, 0.3) is 10.9 Å². The first-order valence-corrected chi connectivity index (χ1v) is 5.99. The minimum absolute atomic E-state index is 0.0543. The molecule has 0 bridgehead atoms. The average Bonchev–Trinajstić information content (AvgIpc) is 2.64. The van der Waals surface area contributed by atoms with Crippen molar-refractivity contribution in [3.8, 4) is 0 Å². The largest absolute Gasteiger partial charge is 0.383 e. The van der Waals surface area contributed by atoms with E-state index in [0.29, 0.717) is 13.2 Å². The minimum Gasteiger partial charge on any atom is -0.383 e. The summed E-state index contributed by atoms with van der Waals surface area (Å²) in [6.45, 7) is 4.98. The molecule has 0 aliphatic heterocycles. The van der Waals surface area contributed by atoms with Crippen LogP contribution in [0.1, 0.15) is 21.6 Å². The third-order valence-electron chi connectivity index (χ3n) is 2.96. The van der Waals surface area contributed by atoms with Crippen molar-refractivity contribution in [3.05, 3.63) is 35.0 Å². The highest BCUT2D eigenvalue weighted by molar-refractivity contribution is 6.08. The second-order valence-corrected chi connectivity index (χ2v) is 4.42. The van der Waals surface area contributed by atoms with Crippen molar-refractivity contribution in [2.45, 2.75) is 13.8 Å². The van der Waals surface area contributed by atoms with Gasteiger partial charge in [0.25, 0.3) is 5.91 Å². The van der Waals surface area contributed by atoms with Gasteiger partial charge in [0.05, 0.1) is 12.2 Å². The topological polar surface area (TPSA) is 54.1 Å². The van der Waals surface area contributed by atoms with Crippen molar-refractivity contribution in [1.29, 1.82) is 0 Å². The van der Waals surface area contributed by atoms with E-state index in [9.17, 15) is 4.79 Å². The number of hydrogen-bond acceptors (Lipinski definition) is 2. The van der Waals surface area contributed by atoms with Gasteiger partial charge in [0.15, 0.2) is 0 Å². The lowest BCUT2D eigenvalue weighted by Crippen LogP contribution is -2.27. The van der Waals surface area contributed by atoms with Gasteiger partial charge >= 0.3 is 0 Å². The fourth-order valence-corrected chi connectivity index (χ4v) is 2.09. The molecule has 0 spiro atoms. The molecule has 2 aromatic rings. The molecule has 4 nitrogen and oxygen atoms in total. The molecule has 4 heteroatoms. The van der Waals surface area contributed by atoms with Crippen LogP contribution in [0.2, 0.25) is 0 Å². The van der Waals surface area contributed by atoms with Gasteiger partial charge in [-0.2, -0.15) is 0 Å². The summed E-state index contributed by atoms with van der Waals surface area (Å²) >= 11 is 0. The summed E-state index contributed by atoms with van der Waals surface area (Å²) in [6, 6.07) is 6.07. The molecule has 0 saturated heterocycles. The second-order valence-electron chi connectivity index (χ2n) is 4.42. The zero-order chi connectivity index (χ0) is 13.1. The lowest BCUT2D eigenvalue weighted by molar-refractivity contribution is 0.0938. The summed E-state index contributed by atoms with van der Waals surface area (Å²) in [4.78, 5) is 15.4. The SMILES string of the molecule is COCCNC(=O)c1c(C)[nH]c2ccc(C)cc12. The maximum atomic E-state index is 12.1. The third-order valence-corrected chi connectivity index (χ3v) is 2.96. The van der Waals surface area contributed by atoms with E-state index in [0.717, 1.165) is 27.7 Å². The first-order chi connectivity index (χ1) is 8.63. The molecule has 0 aliphatic carbocycles. The van der Waals surface area contributed by atoms with E-state index in [1.54, 1.807) is 7.11 Å². The molecule has 0 atom stereocenters. The van der Waals surface area contributed by atoms with Crippen LogP contribution in [0, 0.1) is 13.8 Å². The first-order valence-electron chi connectivity index (χ1n) is 5.99. The number of amides is 1. The van der Waals surface area contributed by atoms with E-state index < -0.39 is 0 Å². The molecule has 96 valence electrons. The zero-order valence-electron chi connectivity index (χ0n) is 11.0. The molecule has 0 aliphatic rings. The maximum absolute atomic E-state index is 12.1. The van der Waals surface area contributed by atoms with Gasteiger partial charge in [0.2, 0.25) is 0 Å². The van der Waals surface area contributed by atoms with E-state index in [1.807, 2.05) is 32.0 Å². The number of H-pyrrole nitrogens is 1. The highest BCUT2D eigenvalue weighted by atomic mass is 16.5. The fourth-order valence-electron chi connectivity index (χ4n) is 2.09. The molecule has 2 N–H and O–H groups in total. The molecule has 1 amide bonds. The van der Waals surface area contributed by atoms with Crippen LogP contribution < -0.4 is 5.32 Å². The van der Waals surface area contributed by atoms with Crippen LogP contribution in [-0.4, -0.2) is 31.2 Å². The Morgan fingerprint density at radius 1 is 1.39 bits per heavy atom. The van der Waals surface area contributed by atoms with Crippen LogP contribution in [0.4, 0.5) is 0 Å². The van der Waals surface area contributed by atoms with Crippen molar-refractivity contribution in [2.24, 2.45) is 0 Å². The van der Waals surface area contributed by atoms with Crippen molar-refractivity contribution >= 4 is 16.8 Å². The van der Waals surface area contributed by atoms with E-state index in [2.05, 4.69) is 10.3 Å². The van der Waals surface area contributed by atoms with Gasteiger partial charge in [0, 0.05) is 30.3 Å². The first kappa shape index (κ1) is 12.6. The molecule has 1 aromatic carbocycles. The Balaban J connectivity index is 2.34. The number of ether oxygens (including phenoxy) is 1. The molecule has 0 saturated carbocycles. The summed E-state index contributed by atoms with van der Waals surface area (Å²) in [7, 11) is 1.62. The molecule has 0 radical (unpaired) electrons. The Kier molecular flexibility index (Phi) is 3.67. The van der Waals surface area contributed by atoms with E-state index in [-0.39, 0.29) is 5.91 Å². The lowest BCUT2D eigenvalue weighted by atomic mass is 10.1. The number of carbonyl (C=O) groups excluding carboxylic acids is 1. The highest BCUT2D eigenvalue weighted by Crippen LogP contribution is 2.23. The van der Waals surface area contributed by atoms with Gasteiger partial charge in [-0.1, -0.05) is 11.6 Å². The molecular weight excluding hydrogens is 228 g/mol. The predicted molar refractivity (Wildman–Crippen MR) is 72.0 cm³/mol. The average molecular weight is 246 g/mol. The number of aryl methyl sites for hydroxylation is 2. The summed E-state index contributed by atoms with van der Waals surface area (Å²) < 4.78 is 4.92. The van der Waals surface area contributed by atoms with Crippen LogP contribution >= 0.6 is 0 Å². The highest BCUT2D eigenvalue weighted by Gasteiger charge is 2.15. The monoisotopic (exact) mass is 246 g/mol. The lowest BCUT2D eigenvalue weighted by Gasteiger charge is -2.04. The Morgan fingerprint density at radius 3 is 2.89 bits per heavy atom. The number of carbonyl (C=O) groups is 1. The summed E-state index contributed by atoms with van der Waals surface area (Å²) in [5.41, 5.74) is 3.76. The second kappa shape index (κ2) is 5.23. The number of aromatic nitrogens is 1. The minimum atomic E-state index is -0.0543. The Labute approximate surface area is 106 Å². The van der Waals surface area contributed by atoms with Gasteiger partial charge < -0.3 is 15.0 Å². The number of hydrogen-bond donors (Lipinski definition) is 2. The van der Waals surface area contributed by atoms with Crippen LogP contribution in [0.5, 0.6) is 0 Å². The van der Waals surface area contributed by atoms with Crippen LogP contribution in [0.3, 0.4) is 0 Å². The van der Waals surface area contributed by atoms with E-state index in [1.165, 1.54) is 0 Å². The maximum Gasteiger partial charge on any atom is 0.253 e. The standard InChI is InChI=1S/C14H18N2O2/c1-9-4-5-12-11(8-9)13(10(2)16-12)14(17)15-6-7-18-3/h4-5,8,16H,6-7H2,1-3H3,(H,15,17). The molecule has 0 fully saturated rings. The molecule has 2 rings (SSSR count). The Hall–Kier alpha value is -1.81. The van der Waals surface area contributed by atoms with Crippen molar-refractivity contribution < 1.29 is 9.53 Å². The van der Waals surface area contributed by atoms with Gasteiger partial charge in [0.1, 0.15) is 0 Å². The Bertz CT molecular complexity index is 572. The van der Waals surface area contributed by atoms with Crippen LogP contribution in [-0.2, 0) is 4.74 Å². The molecule has 1 heterocycles. The molecule has 0 unspecified atom stereocenters. The third kappa shape index (κ3) is 2.38. The van der Waals surface area contributed by atoms with E-state index >= 15 is 0 Å². The zero-order valence-corrected chi connectivity index (χ0v) is 11.0. The molecular formula is C14H18N2O2. The van der Waals surface area contributed by atoms with Gasteiger partial charge in [-0.05, 0) is 26.0 Å². The smallest absolute Gasteiger partial charge is 0.253 e. The van der Waals surface area contributed by atoms with Crippen molar-refractivity contribution in [2.75, 3.05) is 20.3 Å². The normalized spacial score (nSPS) is 10.8. The summed E-state index contributed by atoms with van der Waals surface area (Å²) in [5.74, 6) is -0.0543. The van der Waals surface area contributed by atoms with Gasteiger partial charge in [-0.3, -0.25) is 4.79 Å². The van der Waals surface area contributed by atoms with Gasteiger partial charge in [-0.25, -0.2) is 0 Å². The van der Waals surface area contributed by atoms with Crippen molar-refractivity contribution in [3.63, 3.8) is 0 Å². The molecule has 18 heavy (non-hydrogen) atoms. The summed E-state index contributed by atoms with van der Waals surface area (Å²) in [6.07, 6.45) is 0. The number of methoxy groups -OCH3 is 1. The van der Waals surface area contributed by atoms with Crippen molar-refractivity contribution in [1.82, 2.24) is 10.3 Å². The number of fused-ring (bicyclic) bond motifs is 1. The van der Waals surface area contributed by atoms with Crippen LogP contribution in [0.15, 0.2) is 18.2 Å². The fraction of sp³-hybridized carbons (Fsp3) is 0.357. The molecule has 1 aromatic heterocycles.